The van der Waals surface area contributed by atoms with Gasteiger partial charge in [-0.15, -0.1) is 11.3 Å². The average molecular weight is 364 g/mol. The summed E-state index contributed by atoms with van der Waals surface area (Å²) in [5.41, 5.74) is 3.14. The van der Waals surface area contributed by atoms with E-state index in [1.54, 1.807) is 13.2 Å². The van der Waals surface area contributed by atoms with Crippen molar-refractivity contribution in [3.8, 4) is 16.9 Å². The van der Waals surface area contributed by atoms with E-state index in [9.17, 15) is 4.79 Å². The molecule has 1 N–H and O–H groups in total. The van der Waals surface area contributed by atoms with Crippen LogP contribution in [0, 0.1) is 6.92 Å². The lowest BCUT2D eigenvalue weighted by Crippen LogP contribution is -2.11. The van der Waals surface area contributed by atoms with Crippen molar-refractivity contribution in [3.63, 3.8) is 0 Å². The van der Waals surface area contributed by atoms with Crippen molar-refractivity contribution < 1.29 is 13.9 Å². The van der Waals surface area contributed by atoms with Gasteiger partial charge in [0.15, 0.2) is 5.13 Å². The Labute approximate surface area is 154 Å². The molecule has 0 saturated carbocycles. The maximum atomic E-state index is 12.9. The van der Waals surface area contributed by atoms with Crippen molar-refractivity contribution in [1.82, 2.24) is 4.98 Å². The summed E-state index contributed by atoms with van der Waals surface area (Å²) in [5.74, 6) is 0.606. The van der Waals surface area contributed by atoms with Crippen molar-refractivity contribution in [1.29, 1.82) is 0 Å². The first kappa shape index (κ1) is 16.4. The Morgan fingerprint density at radius 1 is 1.19 bits per heavy atom. The third-order valence-electron chi connectivity index (χ3n) is 4.01. The second-order valence-electron chi connectivity index (χ2n) is 5.78. The average Bonchev–Trinajstić information content (AvgIpc) is 3.25. The lowest BCUT2D eigenvalue weighted by atomic mass is 10.0. The number of fused-ring (bicyclic) bond motifs is 1. The van der Waals surface area contributed by atoms with E-state index in [4.69, 9.17) is 9.15 Å². The van der Waals surface area contributed by atoms with Gasteiger partial charge in [-0.3, -0.25) is 10.1 Å². The number of hydrogen-bond donors (Lipinski definition) is 1. The predicted molar refractivity (Wildman–Crippen MR) is 103 cm³/mol. The Balaban J connectivity index is 1.85. The molecule has 0 saturated heterocycles. The predicted octanol–water partition coefficient (Wildman–Crippen LogP) is 5.13. The first-order valence-electron chi connectivity index (χ1n) is 8.05. The summed E-state index contributed by atoms with van der Waals surface area (Å²) in [6.45, 7) is 1.88. The molecule has 0 atom stereocenters. The zero-order valence-corrected chi connectivity index (χ0v) is 15.1. The van der Waals surface area contributed by atoms with E-state index in [1.165, 1.54) is 11.3 Å². The third kappa shape index (κ3) is 2.95. The van der Waals surface area contributed by atoms with Crippen LogP contribution >= 0.6 is 11.3 Å². The van der Waals surface area contributed by atoms with Gasteiger partial charge in [-0.05, 0) is 24.6 Å². The fourth-order valence-corrected chi connectivity index (χ4v) is 3.50. The molecule has 1 amide bonds. The van der Waals surface area contributed by atoms with Crippen LogP contribution in [0.2, 0.25) is 0 Å². The Hall–Kier alpha value is -3.12. The number of amides is 1. The molecule has 0 bridgehead atoms. The maximum absolute atomic E-state index is 12.9. The summed E-state index contributed by atoms with van der Waals surface area (Å²) in [5, 5.41) is 6.11. The third-order valence-corrected chi connectivity index (χ3v) is 4.88. The molecule has 2 aromatic heterocycles. The summed E-state index contributed by atoms with van der Waals surface area (Å²) in [6, 6.07) is 15.3. The summed E-state index contributed by atoms with van der Waals surface area (Å²) in [4.78, 5) is 17.2. The highest BCUT2D eigenvalue weighted by molar-refractivity contribution is 7.13. The minimum absolute atomic E-state index is 0.257. The van der Waals surface area contributed by atoms with Gasteiger partial charge < -0.3 is 9.15 Å². The Morgan fingerprint density at radius 2 is 2.00 bits per heavy atom. The number of anilines is 1. The van der Waals surface area contributed by atoms with Crippen LogP contribution in [0.15, 0.2) is 58.3 Å². The van der Waals surface area contributed by atoms with Gasteiger partial charge in [0.05, 0.1) is 12.8 Å². The lowest BCUT2D eigenvalue weighted by molar-refractivity contribution is 0.0999. The minimum atomic E-state index is -0.326. The minimum Gasteiger partial charge on any atom is -0.497 e. The van der Waals surface area contributed by atoms with Gasteiger partial charge in [-0.1, -0.05) is 30.3 Å². The Kier molecular flexibility index (Phi) is 4.18. The second kappa shape index (κ2) is 6.65. The topological polar surface area (TPSA) is 64.4 Å². The molecule has 0 aliphatic carbocycles. The molecule has 2 aromatic carbocycles. The normalized spacial score (nSPS) is 10.8. The molecule has 26 heavy (non-hydrogen) atoms. The van der Waals surface area contributed by atoms with Gasteiger partial charge in [0.1, 0.15) is 11.3 Å². The second-order valence-corrected chi connectivity index (χ2v) is 6.64. The van der Waals surface area contributed by atoms with E-state index >= 15 is 0 Å². The monoisotopic (exact) mass is 364 g/mol. The zero-order valence-electron chi connectivity index (χ0n) is 14.3. The molecule has 0 aliphatic heterocycles. The van der Waals surface area contributed by atoms with Crippen LogP contribution in [-0.4, -0.2) is 18.0 Å². The number of nitrogens with zero attached hydrogens (tertiary/aromatic N) is 1. The number of hydrogen-bond acceptors (Lipinski definition) is 5. The van der Waals surface area contributed by atoms with Crippen LogP contribution in [0.3, 0.4) is 0 Å². The van der Waals surface area contributed by atoms with Crippen molar-refractivity contribution in [2.75, 3.05) is 12.4 Å². The van der Waals surface area contributed by atoms with E-state index in [0.29, 0.717) is 16.5 Å². The standard InChI is InChI=1S/C20H16N2O3S/c1-12-11-26-20(21-12)22-19(23)18-17(13-6-4-3-5-7-13)15-9-8-14(24-2)10-16(15)25-18/h3-11H,1-2H3,(H,21,22,23). The molecule has 0 aliphatic rings. The Morgan fingerprint density at radius 3 is 2.69 bits per heavy atom. The number of rotatable bonds is 4. The number of carbonyl (C=O) groups excluding carboxylic acids is 1. The van der Waals surface area contributed by atoms with Crippen LogP contribution in [0.5, 0.6) is 5.75 Å². The smallest absolute Gasteiger partial charge is 0.293 e. The molecule has 6 heteroatoms. The zero-order chi connectivity index (χ0) is 18.1. The molecule has 0 unspecified atom stereocenters. The first-order valence-corrected chi connectivity index (χ1v) is 8.93. The van der Waals surface area contributed by atoms with Crippen LogP contribution in [0.1, 0.15) is 16.2 Å². The number of methoxy groups -OCH3 is 1. The highest BCUT2D eigenvalue weighted by Crippen LogP contribution is 2.37. The number of furan rings is 1. The van der Waals surface area contributed by atoms with Crippen molar-refractivity contribution in [2.45, 2.75) is 6.92 Å². The number of aromatic nitrogens is 1. The number of benzene rings is 2. The lowest BCUT2D eigenvalue weighted by Gasteiger charge is -2.04. The van der Waals surface area contributed by atoms with Crippen molar-refractivity contribution in [2.24, 2.45) is 0 Å². The molecule has 5 nitrogen and oxygen atoms in total. The molecule has 130 valence electrons. The number of aryl methyl sites for hydroxylation is 1. The molecule has 0 fully saturated rings. The molecular formula is C20H16N2O3S. The van der Waals surface area contributed by atoms with E-state index in [1.807, 2.05) is 54.8 Å². The van der Waals surface area contributed by atoms with Gasteiger partial charge in [0.25, 0.3) is 5.91 Å². The van der Waals surface area contributed by atoms with Gasteiger partial charge in [0, 0.05) is 22.4 Å². The summed E-state index contributed by atoms with van der Waals surface area (Å²) >= 11 is 1.38. The quantitative estimate of drug-likeness (QED) is 0.545. The summed E-state index contributed by atoms with van der Waals surface area (Å²) < 4.78 is 11.2. The SMILES string of the molecule is COc1ccc2c(-c3ccccc3)c(C(=O)Nc3nc(C)cs3)oc2c1. The van der Waals surface area contributed by atoms with Crippen molar-refractivity contribution in [3.05, 3.63) is 65.4 Å². The molecule has 0 spiro atoms. The fourth-order valence-electron chi connectivity index (χ4n) is 2.82. The van der Waals surface area contributed by atoms with E-state index in [2.05, 4.69) is 10.3 Å². The highest BCUT2D eigenvalue weighted by Gasteiger charge is 2.23. The maximum Gasteiger partial charge on any atom is 0.293 e. The van der Waals surface area contributed by atoms with Gasteiger partial charge in [-0.2, -0.15) is 0 Å². The number of nitrogens with one attached hydrogen (secondary N) is 1. The van der Waals surface area contributed by atoms with E-state index in [-0.39, 0.29) is 11.7 Å². The number of carbonyl (C=O) groups is 1. The number of thiazole rings is 1. The molecule has 4 aromatic rings. The molecular weight excluding hydrogens is 348 g/mol. The molecule has 0 radical (unpaired) electrons. The first-order chi connectivity index (χ1) is 12.7. The van der Waals surface area contributed by atoms with Gasteiger partial charge >= 0.3 is 0 Å². The largest absolute Gasteiger partial charge is 0.497 e. The Bertz CT molecular complexity index is 1080. The van der Waals surface area contributed by atoms with Crippen LogP contribution in [-0.2, 0) is 0 Å². The van der Waals surface area contributed by atoms with Gasteiger partial charge in [0.2, 0.25) is 5.76 Å². The van der Waals surface area contributed by atoms with E-state index < -0.39 is 0 Å². The van der Waals surface area contributed by atoms with Crippen LogP contribution in [0.4, 0.5) is 5.13 Å². The van der Waals surface area contributed by atoms with Crippen molar-refractivity contribution >= 4 is 33.3 Å². The van der Waals surface area contributed by atoms with Crippen LogP contribution < -0.4 is 10.1 Å². The van der Waals surface area contributed by atoms with Crippen LogP contribution in [0.25, 0.3) is 22.1 Å². The summed E-state index contributed by atoms with van der Waals surface area (Å²) in [7, 11) is 1.60. The number of ether oxygens (including phenoxy) is 1. The molecule has 2 heterocycles. The highest BCUT2D eigenvalue weighted by atomic mass is 32.1. The van der Waals surface area contributed by atoms with Gasteiger partial charge in [-0.25, -0.2) is 4.98 Å². The fraction of sp³-hybridized carbons (Fsp3) is 0.100. The molecule has 4 rings (SSSR count). The van der Waals surface area contributed by atoms with E-state index in [0.717, 1.165) is 22.2 Å². The summed E-state index contributed by atoms with van der Waals surface area (Å²) in [6.07, 6.45) is 0.